The van der Waals surface area contributed by atoms with Crippen molar-refractivity contribution in [2.75, 3.05) is 25.6 Å². The van der Waals surface area contributed by atoms with Crippen molar-refractivity contribution in [1.82, 2.24) is 5.32 Å². The lowest BCUT2D eigenvalue weighted by Gasteiger charge is -2.10. The Morgan fingerprint density at radius 3 is 2.32 bits per heavy atom. The van der Waals surface area contributed by atoms with Crippen LogP contribution in [0.3, 0.4) is 0 Å². The van der Waals surface area contributed by atoms with Gasteiger partial charge in [0.1, 0.15) is 11.0 Å². The molecule has 11 heteroatoms. The van der Waals surface area contributed by atoms with Gasteiger partial charge in [-0.3, -0.25) is 9.59 Å². The molecule has 0 radical (unpaired) electrons. The van der Waals surface area contributed by atoms with Crippen LogP contribution in [0.2, 0.25) is 15.1 Å². The van der Waals surface area contributed by atoms with Crippen molar-refractivity contribution in [3.8, 4) is 5.75 Å². The molecule has 0 heterocycles. The highest BCUT2D eigenvalue weighted by molar-refractivity contribution is 6.53. The first-order chi connectivity index (χ1) is 14.6. The Bertz CT molecular complexity index is 1010. The fraction of sp³-hybridized carbons (Fsp3) is 0.300. The van der Waals surface area contributed by atoms with E-state index in [0.29, 0.717) is 17.0 Å². The molecule has 2 aromatic rings. The molecular formula is C20H16Cl5FN2O3. The molecule has 0 unspecified atom stereocenters. The Hall–Kier alpha value is -1.44. The van der Waals surface area contributed by atoms with Crippen molar-refractivity contribution in [3.63, 3.8) is 0 Å². The molecule has 0 aromatic heterocycles. The summed E-state index contributed by atoms with van der Waals surface area (Å²) in [5.74, 6) is -2.07. The maximum absolute atomic E-state index is 12.9. The van der Waals surface area contributed by atoms with Crippen LogP contribution in [-0.4, -0.2) is 36.5 Å². The first kappa shape index (κ1) is 24.2. The van der Waals surface area contributed by atoms with Crippen LogP contribution in [0.1, 0.15) is 21.8 Å². The Morgan fingerprint density at radius 1 is 1.10 bits per heavy atom. The molecule has 0 saturated heterocycles. The third-order valence-corrected chi connectivity index (χ3v) is 6.61. The monoisotopic (exact) mass is 526 g/mol. The molecule has 166 valence electrons. The second-order valence-electron chi connectivity index (χ2n) is 6.78. The van der Waals surface area contributed by atoms with Crippen molar-refractivity contribution in [3.05, 3.63) is 56.5 Å². The predicted octanol–water partition coefficient (Wildman–Crippen LogP) is 5.88. The summed E-state index contributed by atoms with van der Waals surface area (Å²) >= 11 is 31.2. The van der Waals surface area contributed by atoms with Crippen molar-refractivity contribution in [2.24, 2.45) is 5.92 Å². The first-order valence-corrected chi connectivity index (χ1v) is 10.9. The van der Waals surface area contributed by atoms with Crippen LogP contribution in [-0.2, 0) is 4.79 Å². The van der Waals surface area contributed by atoms with Crippen LogP contribution in [0.5, 0.6) is 5.75 Å². The van der Waals surface area contributed by atoms with Gasteiger partial charge >= 0.3 is 0 Å². The minimum Gasteiger partial charge on any atom is -0.494 e. The average Bonchev–Trinajstić information content (AvgIpc) is 3.29. The normalized spacial score (nSPS) is 18.9. The Kier molecular flexibility index (Phi) is 7.49. The molecule has 0 aliphatic heterocycles. The van der Waals surface area contributed by atoms with Gasteiger partial charge in [0, 0.05) is 18.2 Å². The quantitative estimate of drug-likeness (QED) is 0.441. The molecular weight excluding hydrogens is 512 g/mol. The topological polar surface area (TPSA) is 67.4 Å². The summed E-state index contributed by atoms with van der Waals surface area (Å²) in [4.78, 5) is 25.0. The number of hydrogen-bond donors (Lipinski definition) is 2. The maximum atomic E-state index is 12.9. The lowest BCUT2D eigenvalue weighted by atomic mass is 10.1. The largest absolute Gasteiger partial charge is 0.494 e. The minimum atomic E-state index is -1.38. The highest BCUT2D eigenvalue weighted by atomic mass is 35.5. The number of carbonyl (C=O) groups excluding carboxylic acids is 2. The summed E-state index contributed by atoms with van der Waals surface area (Å²) < 4.78 is 16.1. The van der Waals surface area contributed by atoms with Gasteiger partial charge in [-0.25, -0.2) is 4.39 Å². The van der Waals surface area contributed by atoms with E-state index >= 15 is 0 Å². The van der Waals surface area contributed by atoms with Crippen LogP contribution in [0.25, 0.3) is 0 Å². The molecule has 5 nitrogen and oxygen atoms in total. The number of methoxy groups -OCH3 is 1. The van der Waals surface area contributed by atoms with Gasteiger partial charge in [0.2, 0.25) is 5.91 Å². The summed E-state index contributed by atoms with van der Waals surface area (Å²) in [6.07, 6.45) is 0. The molecule has 3 rings (SSSR count). The zero-order valence-corrected chi connectivity index (χ0v) is 19.7. The number of ether oxygens (including phenoxy) is 1. The van der Waals surface area contributed by atoms with Gasteiger partial charge in [-0.1, -0.05) is 34.8 Å². The number of rotatable bonds is 7. The van der Waals surface area contributed by atoms with E-state index < -0.39 is 34.7 Å². The summed E-state index contributed by atoms with van der Waals surface area (Å²) in [6.45, 7) is -0.862. The Morgan fingerprint density at radius 2 is 1.74 bits per heavy atom. The lowest BCUT2D eigenvalue weighted by molar-refractivity contribution is -0.117. The van der Waals surface area contributed by atoms with E-state index in [1.54, 1.807) is 12.1 Å². The number of nitrogens with one attached hydrogen (secondary N) is 2. The van der Waals surface area contributed by atoms with Crippen LogP contribution in [0, 0.1) is 5.92 Å². The third kappa shape index (κ3) is 4.99. The summed E-state index contributed by atoms with van der Waals surface area (Å²) in [5.41, 5.74) is 0.987. The molecule has 2 N–H and O–H groups in total. The number of amides is 2. The zero-order valence-electron chi connectivity index (χ0n) is 15.9. The highest BCUT2D eigenvalue weighted by Crippen LogP contribution is 2.65. The smallest absolute Gasteiger partial charge is 0.252 e. The molecule has 2 aromatic carbocycles. The van der Waals surface area contributed by atoms with Crippen molar-refractivity contribution < 1.29 is 18.7 Å². The predicted molar refractivity (Wildman–Crippen MR) is 122 cm³/mol. The number of halogens is 6. The molecule has 0 spiro atoms. The summed E-state index contributed by atoms with van der Waals surface area (Å²) in [7, 11) is 1.44. The molecule has 2 amide bonds. The maximum Gasteiger partial charge on any atom is 0.252 e. The molecule has 0 bridgehead atoms. The van der Waals surface area contributed by atoms with Crippen molar-refractivity contribution >= 4 is 75.5 Å². The highest BCUT2D eigenvalue weighted by Gasteiger charge is 2.67. The third-order valence-electron chi connectivity index (χ3n) is 4.78. The number of alkyl halides is 3. The van der Waals surface area contributed by atoms with Crippen LogP contribution >= 0.6 is 58.0 Å². The second-order valence-corrected chi connectivity index (χ2v) is 9.44. The van der Waals surface area contributed by atoms with Gasteiger partial charge in [-0.15, -0.1) is 23.2 Å². The summed E-state index contributed by atoms with van der Waals surface area (Å²) in [5, 5.41) is 5.75. The average molecular weight is 529 g/mol. The Labute approximate surface area is 203 Å². The molecule has 2 atom stereocenters. The van der Waals surface area contributed by atoms with Crippen LogP contribution in [0.4, 0.5) is 10.1 Å². The van der Waals surface area contributed by atoms with E-state index in [4.69, 9.17) is 62.7 Å². The lowest BCUT2D eigenvalue weighted by Crippen LogP contribution is -2.26. The van der Waals surface area contributed by atoms with Crippen LogP contribution < -0.4 is 15.4 Å². The van der Waals surface area contributed by atoms with Gasteiger partial charge in [0.05, 0.1) is 33.7 Å². The molecule has 31 heavy (non-hydrogen) atoms. The molecule has 1 aliphatic rings. The van der Waals surface area contributed by atoms with E-state index in [9.17, 15) is 14.0 Å². The second kappa shape index (κ2) is 9.59. The number of anilines is 1. The van der Waals surface area contributed by atoms with Gasteiger partial charge in [-0.05, 0) is 35.9 Å². The van der Waals surface area contributed by atoms with Gasteiger partial charge in [0.15, 0.2) is 5.75 Å². The van der Waals surface area contributed by atoms with E-state index in [0.717, 1.165) is 0 Å². The van der Waals surface area contributed by atoms with E-state index in [1.165, 1.54) is 25.3 Å². The standard InChI is InChI=1S/C20H16Cl5FN2O3/c1-31-17-13(22)6-9(7-14(17)23)15-16(20(15,24)25)19(30)28-10-2-3-12(21)11(8-10)18(29)27-5-4-26/h2-3,6-8,15-16H,4-5H2,1H3,(H,27,29)(H,28,30)/t15-,16+/m0/s1. The van der Waals surface area contributed by atoms with Crippen molar-refractivity contribution in [1.29, 1.82) is 0 Å². The van der Waals surface area contributed by atoms with Crippen molar-refractivity contribution in [2.45, 2.75) is 10.3 Å². The fourth-order valence-electron chi connectivity index (χ4n) is 3.27. The number of carbonyl (C=O) groups is 2. The minimum absolute atomic E-state index is 0.0944. The van der Waals surface area contributed by atoms with Gasteiger partial charge < -0.3 is 15.4 Å². The fourth-order valence-corrected chi connectivity index (χ4v) is 4.96. The van der Waals surface area contributed by atoms with Crippen LogP contribution in [0.15, 0.2) is 30.3 Å². The SMILES string of the molecule is COc1c(Cl)cc([C@H]2[C@H](C(=O)Nc3ccc(Cl)c(C(=O)NCCF)c3)C2(Cl)Cl)cc1Cl. The molecule has 1 aliphatic carbocycles. The zero-order chi connectivity index (χ0) is 22.9. The van der Waals surface area contributed by atoms with E-state index in [1.807, 2.05) is 0 Å². The van der Waals surface area contributed by atoms with Gasteiger partial charge in [0.25, 0.3) is 5.91 Å². The molecule has 1 saturated carbocycles. The van der Waals surface area contributed by atoms with E-state index in [2.05, 4.69) is 10.6 Å². The first-order valence-electron chi connectivity index (χ1n) is 8.97. The van der Waals surface area contributed by atoms with Gasteiger partial charge in [-0.2, -0.15) is 0 Å². The number of hydrogen-bond acceptors (Lipinski definition) is 3. The summed E-state index contributed by atoms with van der Waals surface area (Å²) in [6, 6.07) is 7.55. The number of benzene rings is 2. The Balaban J connectivity index is 1.79. The van der Waals surface area contributed by atoms with E-state index in [-0.39, 0.29) is 27.2 Å². The molecule has 1 fully saturated rings.